The molecule has 0 aliphatic rings. The van der Waals surface area contributed by atoms with Crippen LogP contribution in [0.1, 0.15) is 50.7 Å². The smallest absolute Gasteiger partial charge is 0.224 e. The number of para-hydroxylation sites is 1. The first-order valence-electron chi connectivity index (χ1n) is 9.00. The van der Waals surface area contributed by atoms with Gasteiger partial charge in [0.25, 0.3) is 0 Å². The number of hydrogen-bond donors (Lipinski definition) is 2. The molecule has 5 nitrogen and oxygen atoms in total. The second-order valence-electron chi connectivity index (χ2n) is 7.24. The Bertz CT molecular complexity index is 653. The Morgan fingerprint density at radius 2 is 1.64 bits per heavy atom. The van der Waals surface area contributed by atoms with E-state index < -0.39 is 0 Å². The first-order valence-corrected chi connectivity index (χ1v) is 9.00. The molecule has 2 rings (SSSR count). The van der Waals surface area contributed by atoms with Crippen LogP contribution in [0.25, 0.3) is 0 Å². The van der Waals surface area contributed by atoms with Crippen LogP contribution in [0, 0.1) is 0 Å². The third-order valence-corrected chi connectivity index (χ3v) is 4.12. The fourth-order valence-electron chi connectivity index (χ4n) is 2.73. The number of likely N-dealkylation sites (N-methyl/N-ethyl adjacent to an activating group) is 1. The molecule has 0 saturated carbocycles. The summed E-state index contributed by atoms with van der Waals surface area (Å²) >= 11 is 0. The van der Waals surface area contributed by atoms with Crippen molar-refractivity contribution in [2.75, 3.05) is 37.8 Å². The first-order chi connectivity index (χ1) is 11.9. The van der Waals surface area contributed by atoms with E-state index in [1.807, 2.05) is 6.07 Å². The Labute approximate surface area is 151 Å². The molecule has 0 unspecified atom stereocenters. The Kier molecular flexibility index (Phi) is 6.76. The van der Waals surface area contributed by atoms with Crippen LogP contribution in [0.4, 0.5) is 17.5 Å². The molecule has 5 heteroatoms. The molecule has 0 atom stereocenters. The van der Waals surface area contributed by atoms with Gasteiger partial charge in [0.1, 0.15) is 5.82 Å². The summed E-state index contributed by atoms with van der Waals surface area (Å²) in [5.74, 6) is 2.36. The van der Waals surface area contributed by atoms with Gasteiger partial charge in [0.05, 0.1) is 0 Å². The molecule has 0 saturated heterocycles. The number of anilines is 3. The second-order valence-corrected chi connectivity index (χ2v) is 7.24. The van der Waals surface area contributed by atoms with E-state index in [0.29, 0.717) is 17.8 Å². The lowest BCUT2D eigenvalue weighted by molar-refractivity contribution is 0.425. The van der Waals surface area contributed by atoms with Crippen LogP contribution in [-0.2, 0) is 0 Å². The number of benzene rings is 1. The molecule has 0 bridgehead atoms. The van der Waals surface area contributed by atoms with Gasteiger partial charge in [-0.05, 0) is 43.1 Å². The van der Waals surface area contributed by atoms with Gasteiger partial charge in [-0.1, -0.05) is 45.9 Å². The van der Waals surface area contributed by atoms with Gasteiger partial charge in [-0.3, -0.25) is 0 Å². The van der Waals surface area contributed by atoms with Crippen molar-refractivity contribution in [3.63, 3.8) is 0 Å². The van der Waals surface area contributed by atoms with E-state index >= 15 is 0 Å². The number of nitrogens with zero attached hydrogens (tertiary/aromatic N) is 3. The van der Waals surface area contributed by atoms with E-state index in [4.69, 9.17) is 0 Å². The molecule has 0 radical (unpaired) electrons. The number of aromatic nitrogens is 2. The van der Waals surface area contributed by atoms with E-state index in [-0.39, 0.29) is 0 Å². The van der Waals surface area contributed by atoms with Crippen molar-refractivity contribution in [1.29, 1.82) is 0 Å². The van der Waals surface area contributed by atoms with Gasteiger partial charge >= 0.3 is 0 Å². The molecule has 2 N–H and O–H groups in total. The number of hydrogen-bond acceptors (Lipinski definition) is 5. The lowest BCUT2D eigenvalue weighted by Crippen LogP contribution is -2.21. The van der Waals surface area contributed by atoms with E-state index in [1.54, 1.807) is 6.20 Å². The van der Waals surface area contributed by atoms with Crippen molar-refractivity contribution in [2.45, 2.75) is 39.5 Å². The van der Waals surface area contributed by atoms with Crippen LogP contribution in [0.15, 0.2) is 30.5 Å². The Morgan fingerprint density at radius 3 is 2.20 bits per heavy atom. The molecule has 1 aromatic heterocycles. The lowest BCUT2D eigenvalue weighted by Gasteiger charge is -2.20. The highest BCUT2D eigenvalue weighted by Gasteiger charge is 2.14. The van der Waals surface area contributed by atoms with Gasteiger partial charge < -0.3 is 15.5 Å². The minimum atomic E-state index is 0.445. The van der Waals surface area contributed by atoms with E-state index in [2.05, 4.69) is 85.5 Å². The van der Waals surface area contributed by atoms with Crippen molar-refractivity contribution >= 4 is 17.5 Å². The summed E-state index contributed by atoms with van der Waals surface area (Å²) in [6, 6.07) is 8.44. The van der Waals surface area contributed by atoms with Crippen molar-refractivity contribution in [2.24, 2.45) is 0 Å². The quantitative estimate of drug-likeness (QED) is 0.743. The Morgan fingerprint density at radius 1 is 1.00 bits per heavy atom. The van der Waals surface area contributed by atoms with Crippen LogP contribution < -0.4 is 10.6 Å². The maximum absolute atomic E-state index is 4.61. The molecule has 0 aliphatic heterocycles. The molecule has 0 spiro atoms. The molecule has 0 fully saturated rings. The monoisotopic (exact) mass is 341 g/mol. The molecule has 0 aliphatic carbocycles. The summed E-state index contributed by atoms with van der Waals surface area (Å²) in [5, 5.41) is 6.81. The third kappa shape index (κ3) is 5.43. The number of nitrogens with one attached hydrogen (secondary N) is 2. The second kappa shape index (κ2) is 8.81. The summed E-state index contributed by atoms with van der Waals surface area (Å²) in [4.78, 5) is 11.1. The maximum Gasteiger partial charge on any atom is 0.224 e. The minimum absolute atomic E-state index is 0.445. The van der Waals surface area contributed by atoms with Crippen LogP contribution in [0.3, 0.4) is 0 Å². The standard InChI is InChI=1S/C20H31N5/c1-14(2)16-8-7-9-17(15(3)4)19(16)23-18-10-11-21-20(24-18)22-12-13-25(5)6/h7-11,14-15H,12-13H2,1-6H3,(H2,21,22,23,24). The topological polar surface area (TPSA) is 53.1 Å². The zero-order chi connectivity index (χ0) is 18.4. The summed E-state index contributed by atoms with van der Waals surface area (Å²) in [6.45, 7) is 10.6. The van der Waals surface area contributed by atoms with Gasteiger partial charge in [0, 0.05) is 25.0 Å². The van der Waals surface area contributed by atoms with E-state index in [0.717, 1.165) is 18.9 Å². The normalized spacial score (nSPS) is 11.4. The molecule has 1 heterocycles. The first kappa shape index (κ1) is 19.2. The lowest BCUT2D eigenvalue weighted by atomic mass is 9.92. The SMILES string of the molecule is CC(C)c1cccc(C(C)C)c1Nc1ccnc(NCCN(C)C)n1. The third-order valence-electron chi connectivity index (χ3n) is 4.12. The van der Waals surface area contributed by atoms with Gasteiger partial charge in [-0.15, -0.1) is 0 Å². The average Bonchev–Trinajstić information content (AvgIpc) is 2.54. The molecular weight excluding hydrogens is 310 g/mol. The summed E-state index contributed by atoms with van der Waals surface area (Å²) < 4.78 is 0. The fraction of sp³-hybridized carbons (Fsp3) is 0.500. The van der Waals surface area contributed by atoms with Crippen LogP contribution in [-0.4, -0.2) is 42.1 Å². The largest absolute Gasteiger partial charge is 0.353 e. The van der Waals surface area contributed by atoms with Gasteiger partial charge in [0.15, 0.2) is 0 Å². The number of rotatable bonds is 8. The van der Waals surface area contributed by atoms with Crippen molar-refractivity contribution < 1.29 is 0 Å². The minimum Gasteiger partial charge on any atom is -0.353 e. The van der Waals surface area contributed by atoms with Crippen molar-refractivity contribution in [1.82, 2.24) is 14.9 Å². The van der Waals surface area contributed by atoms with Crippen molar-refractivity contribution in [3.05, 3.63) is 41.6 Å². The highest BCUT2D eigenvalue weighted by molar-refractivity contribution is 5.67. The van der Waals surface area contributed by atoms with E-state index in [1.165, 1.54) is 16.8 Å². The Hall–Kier alpha value is -2.14. The van der Waals surface area contributed by atoms with Crippen LogP contribution >= 0.6 is 0 Å². The Balaban J connectivity index is 2.24. The summed E-state index contributed by atoms with van der Waals surface area (Å²) in [5.41, 5.74) is 3.80. The highest BCUT2D eigenvalue weighted by atomic mass is 15.2. The molecule has 2 aromatic rings. The zero-order valence-electron chi connectivity index (χ0n) is 16.3. The molecule has 1 aromatic carbocycles. The maximum atomic E-state index is 4.61. The van der Waals surface area contributed by atoms with Crippen molar-refractivity contribution in [3.8, 4) is 0 Å². The van der Waals surface area contributed by atoms with Crippen LogP contribution in [0.5, 0.6) is 0 Å². The summed E-state index contributed by atoms with van der Waals surface area (Å²) in [7, 11) is 4.10. The predicted octanol–water partition coefficient (Wildman–Crippen LogP) is 4.44. The average molecular weight is 342 g/mol. The van der Waals surface area contributed by atoms with E-state index in [9.17, 15) is 0 Å². The molecule has 25 heavy (non-hydrogen) atoms. The fourth-order valence-corrected chi connectivity index (χ4v) is 2.73. The van der Waals surface area contributed by atoms with Gasteiger partial charge in [-0.25, -0.2) is 4.98 Å². The zero-order valence-corrected chi connectivity index (χ0v) is 16.3. The molecule has 136 valence electrons. The molecule has 0 amide bonds. The van der Waals surface area contributed by atoms with Crippen LogP contribution in [0.2, 0.25) is 0 Å². The predicted molar refractivity (Wildman–Crippen MR) is 107 cm³/mol. The van der Waals surface area contributed by atoms with Gasteiger partial charge in [0.2, 0.25) is 5.95 Å². The van der Waals surface area contributed by atoms with Gasteiger partial charge in [-0.2, -0.15) is 4.98 Å². The molecular formula is C20H31N5. The highest BCUT2D eigenvalue weighted by Crippen LogP contribution is 2.34. The summed E-state index contributed by atoms with van der Waals surface area (Å²) in [6.07, 6.45) is 1.79.